The summed E-state index contributed by atoms with van der Waals surface area (Å²) in [5, 5.41) is 9.25. The molecule has 0 spiro atoms. The number of hydrogen-bond acceptors (Lipinski definition) is 4. The van der Waals surface area contributed by atoms with Gasteiger partial charge in [0.25, 0.3) is 0 Å². The van der Waals surface area contributed by atoms with Gasteiger partial charge < -0.3 is 19.6 Å². The zero-order valence-corrected chi connectivity index (χ0v) is 16.4. The lowest BCUT2D eigenvalue weighted by molar-refractivity contribution is 0.0208. The molecule has 1 aromatic carbocycles. The first-order valence-corrected chi connectivity index (χ1v) is 9.15. The molecule has 6 heteroatoms. The van der Waals surface area contributed by atoms with E-state index in [9.17, 15) is 14.7 Å². The summed E-state index contributed by atoms with van der Waals surface area (Å²) in [5.41, 5.74) is 0.650. The van der Waals surface area contributed by atoms with Crippen molar-refractivity contribution in [2.75, 3.05) is 24.5 Å². The van der Waals surface area contributed by atoms with Crippen LogP contribution < -0.4 is 4.90 Å². The molecule has 0 aliphatic carbocycles. The molecule has 144 valence electrons. The minimum absolute atomic E-state index is 0.125. The van der Waals surface area contributed by atoms with E-state index in [0.29, 0.717) is 25.6 Å². The number of carbonyl (C=O) groups is 2. The van der Waals surface area contributed by atoms with Gasteiger partial charge in [0.2, 0.25) is 0 Å². The van der Waals surface area contributed by atoms with Crippen molar-refractivity contribution >= 4 is 17.7 Å². The fourth-order valence-corrected chi connectivity index (χ4v) is 3.25. The second-order valence-electron chi connectivity index (χ2n) is 8.26. The number of aromatic carboxylic acids is 1. The van der Waals surface area contributed by atoms with E-state index in [0.717, 1.165) is 12.1 Å². The average Bonchev–Trinajstić information content (AvgIpc) is 2.52. The van der Waals surface area contributed by atoms with Crippen molar-refractivity contribution in [1.82, 2.24) is 4.90 Å². The van der Waals surface area contributed by atoms with Crippen LogP contribution in [0.3, 0.4) is 0 Å². The highest BCUT2D eigenvalue weighted by atomic mass is 16.6. The second-order valence-corrected chi connectivity index (χ2v) is 8.26. The molecule has 26 heavy (non-hydrogen) atoms. The van der Waals surface area contributed by atoms with Crippen LogP contribution in [0.1, 0.15) is 51.4 Å². The minimum Gasteiger partial charge on any atom is -0.478 e. The van der Waals surface area contributed by atoms with Crippen molar-refractivity contribution in [3.05, 3.63) is 29.8 Å². The number of benzene rings is 1. The standard InChI is InChI=1S/C20H30N2O4/c1-14(2)11-17-13-21(19(25)26-20(3,4)5)9-10-22(17)16-8-6-7-15(12-16)18(23)24/h6-8,12,14,17H,9-11,13H2,1-5H3,(H,23,24)/t17-/m1/s1. The van der Waals surface area contributed by atoms with Gasteiger partial charge in [0, 0.05) is 31.4 Å². The molecule has 1 amide bonds. The molecule has 1 heterocycles. The molecular weight excluding hydrogens is 332 g/mol. The Bertz CT molecular complexity index is 651. The molecule has 1 aliphatic heterocycles. The fourth-order valence-electron chi connectivity index (χ4n) is 3.25. The molecule has 1 N–H and O–H groups in total. The van der Waals surface area contributed by atoms with E-state index >= 15 is 0 Å². The van der Waals surface area contributed by atoms with Crippen LogP contribution in [-0.4, -0.2) is 53.3 Å². The van der Waals surface area contributed by atoms with E-state index in [4.69, 9.17) is 4.74 Å². The Labute approximate surface area is 155 Å². The lowest BCUT2D eigenvalue weighted by atomic mass is 9.99. The van der Waals surface area contributed by atoms with Crippen molar-refractivity contribution in [3.63, 3.8) is 0 Å². The Morgan fingerprint density at radius 1 is 1.27 bits per heavy atom. The Kier molecular flexibility index (Phi) is 6.16. The SMILES string of the molecule is CC(C)C[C@@H]1CN(C(=O)OC(C)(C)C)CCN1c1cccc(C(=O)O)c1. The maximum absolute atomic E-state index is 12.4. The predicted molar refractivity (Wildman–Crippen MR) is 102 cm³/mol. The van der Waals surface area contributed by atoms with Crippen LogP contribution in [0.25, 0.3) is 0 Å². The summed E-state index contributed by atoms with van der Waals surface area (Å²) in [6.45, 7) is 11.7. The quantitative estimate of drug-likeness (QED) is 0.881. The minimum atomic E-state index is -0.931. The fraction of sp³-hybridized carbons (Fsp3) is 0.600. The molecule has 1 saturated heterocycles. The van der Waals surface area contributed by atoms with Gasteiger partial charge in [-0.05, 0) is 51.3 Å². The van der Waals surface area contributed by atoms with E-state index in [1.165, 1.54) is 0 Å². The molecule has 0 bridgehead atoms. The van der Waals surface area contributed by atoms with Gasteiger partial charge in [0.05, 0.1) is 5.56 Å². The summed E-state index contributed by atoms with van der Waals surface area (Å²) in [4.78, 5) is 27.7. The van der Waals surface area contributed by atoms with Crippen LogP contribution in [0.15, 0.2) is 24.3 Å². The number of hydrogen-bond donors (Lipinski definition) is 1. The molecule has 2 rings (SSSR count). The largest absolute Gasteiger partial charge is 0.478 e. The van der Waals surface area contributed by atoms with Gasteiger partial charge in [0.15, 0.2) is 0 Å². The topological polar surface area (TPSA) is 70.1 Å². The van der Waals surface area contributed by atoms with E-state index in [2.05, 4.69) is 18.7 Å². The summed E-state index contributed by atoms with van der Waals surface area (Å²) >= 11 is 0. The second kappa shape index (κ2) is 7.98. The van der Waals surface area contributed by atoms with Crippen LogP contribution in [0.2, 0.25) is 0 Å². The van der Waals surface area contributed by atoms with Crippen LogP contribution in [0, 0.1) is 5.92 Å². The summed E-state index contributed by atoms with van der Waals surface area (Å²) in [5.74, 6) is -0.469. The van der Waals surface area contributed by atoms with E-state index in [-0.39, 0.29) is 17.7 Å². The lowest BCUT2D eigenvalue weighted by Gasteiger charge is -2.43. The van der Waals surface area contributed by atoms with Gasteiger partial charge in [0.1, 0.15) is 5.60 Å². The zero-order chi connectivity index (χ0) is 19.5. The molecule has 1 aliphatic rings. The Hall–Kier alpha value is -2.24. The number of rotatable bonds is 4. The third-order valence-electron chi connectivity index (χ3n) is 4.30. The van der Waals surface area contributed by atoms with Crippen molar-refractivity contribution in [2.24, 2.45) is 5.92 Å². The van der Waals surface area contributed by atoms with E-state index < -0.39 is 11.6 Å². The van der Waals surface area contributed by atoms with Gasteiger partial charge in [-0.2, -0.15) is 0 Å². The first kappa shape index (κ1) is 20.1. The van der Waals surface area contributed by atoms with Crippen LogP contribution in [0.4, 0.5) is 10.5 Å². The van der Waals surface area contributed by atoms with Gasteiger partial charge in [-0.25, -0.2) is 9.59 Å². The molecule has 0 aromatic heterocycles. The van der Waals surface area contributed by atoms with Crippen molar-refractivity contribution < 1.29 is 19.4 Å². The molecular formula is C20H30N2O4. The third-order valence-corrected chi connectivity index (χ3v) is 4.30. The number of anilines is 1. The molecule has 1 fully saturated rings. The smallest absolute Gasteiger partial charge is 0.410 e. The molecule has 0 radical (unpaired) electrons. The van der Waals surface area contributed by atoms with Gasteiger partial charge in [-0.15, -0.1) is 0 Å². The maximum atomic E-state index is 12.4. The van der Waals surface area contributed by atoms with Crippen LogP contribution in [-0.2, 0) is 4.74 Å². The maximum Gasteiger partial charge on any atom is 0.410 e. The summed E-state index contributed by atoms with van der Waals surface area (Å²) in [6, 6.07) is 7.13. The monoisotopic (exact) mass is 362 g/mol. The predicted octanol–water partition coefficient (Wildman–Crippen LogP) is 3.86. The number of nitrogens with zero attached hydrogens (tertiary/aromatic N) is 2. The molecule has 1 aromatic rings. The van der Waals surface area contributed by atoms with Crippen LogP contribution in [0.5, 0.6) is 0 Å². The Balaban J connectivity index is 2.19. The highest BCUT2D eigenvalue weighted by Crippen LogP contribution is 2.26. The Morgan fingerprint density at radius 2 is 1.96 bits per heavy atom. The summed E-state index contributed by atoms with van der Waals surface area (Å²) in [7, 11) is 0. The molecule has 1 atom stereocenters. The van der Waals surface area contributed by atoms with Crippen molar-refractivity contribution in [3.8, 4) is 0 Å². The van der Waals surface area contributed by atoms with E-state index in [1.54, 1.807) is 23.1 Å². The van der Waals surface area contributed by atoms with Crippen LogP contribution >= 0.6 is 0 Å². The van der Waals surface area contributed by atoms with Gasteiger partial charge in [-0.3, -0.25) is 0 Å². The number of carbonyl (C=O) groups excluding carboxylic acids is 1. The lowest BCUT2D eigenvalue weighted by Crippen LogP contribution is -2.56. The molecule has 0 unspecified atom stereocenters. The average molecular weight is 362 g/mol. The molecule has 6 nitrogen and oxygen atoms in total. The number of carboxylic acids is 1. The highest BCUT2D eigenvalue weighted by molar-refractivity contribution is 5.88. The molecule has 0 saturated carbocycles. The van der Waals surface area contributed by atoms with E-state index in [1.807, 2.05) is 26.8 Å². The summed E-state index contributed by atoms with van der Waals surface area (Å²) < 4.78 is 5.51. The third kappa shape index (κ3) is 5.38. The van der Waals surface area contributed by atoms with Gasteiger partial charge in [-0.1, -0.05) is 19.9 Å². The number of amides is 1. The first-order chi connectivity index (χ1) is 12.1. The normalized spacial score (nSPS) is 18.2. The summed E-state index contributed by atoms with van der Waals surface area (Å²) in [6.07, 6.45) is 0.626. The number of ether oxygens (including phenoxy) is 1. The first-order valence-electron chi connectivity index (χ1n) is 9.15. The number of carboxylic acid groups (broad SMARTS) is 1. The highest BCUT2D eigenvalue weighted by Gasteiger charge is 2.32. The Morgan fingerprint density at radius 3 is 2.54 bits per heavy atom. The number of piperazine rings is 1. The van der Waals surface area contributed by atoms with Crippen molar-refractivity contribution in [1.29, 1.82) is 0 Å². The van der Waals surface area contributed by atoms with Gasteiger partial charge >= 0.3 is 12.1 Å². The van der Waals surface area contributed by atoms with Crippen molar-refractivity contribution in [2.45, 2.75) is 52.7 Å². The zero-order valence-electron chi connectivity index (χ0n) is 16.4.